The van der Waals surface area contributed by atoms with Crippen LogP contribution in [-0.4, -0.2) is 31.1 Å². The molecular formula is C17H14N2O5. The van der Waals surface area contributed by atoms with Crippen molar-refractivity contribution in [3.8, 4) is 0 Å². The van der Waals surface area contributed by atoms with Gasteiger partial charge in [-0.3, -0.25) is 0 Å². The molecule has 0 aliphatic carbocycles. The highest BCUT2D eigenvalue weighted by molar-refractivity contribution is 6.06. The van der Waals surface area contributed by atoms with Crippen LogP contribution in [0.1, 0.15) is 0 Å². The number of nitrogens with zero attached hydrogens (tertiary/aromatic N) is 2. The van der Waals surface area contributed by atoms with Crippen LogP contribution in [0.4, 0.5) is 5.69 Å². The van der Waals surface area contributed by atoms with Gasteiger partial charge in [-0.15, -0.1) is 0 Å². The van der Waals surface area contributed by atoms with Crippen LogP contribution in [0.15, 0.2) is 64.7 Å². The number of methoxy groups -OCH3 is 2. The first-order chi connectivity index (χ1) is 11.7. The quantitative estimate of drug-likeness (QED) is 0.801. The average molecular weight is 326 g/mol. The molecule has 0 fully saturated rings. The predicted octanol–water partition coefficient (Wildman–Crippen LogP) is 2.32. The van der Waals surface area contributed by atoms with Gasteiger partial charge in [0.25, 0.3) is 0 Å². The monoisotopic (exact) mass is 326 g/mol. The summed E-state index contributed by atoms with van der Waals surface area (Å²) in [7, 11) is 2.50. The zero-order valence-corrected chi connectivity index (χ0v) is 13.1. The molecule has 0 atom stereocenters. The summed E-state index contributed by atoms with van der Waals surface area (Å²) >= 11 is 0. The second-order valence-electron chi connectivity index (χ2n) is 4.79. The van der Waals surface area contributed by atoms with Crippen LogP contribution in [-0.2, 0) is 19.1 Å². The minimum atomic E-state index is -0.674. The highest BCUT2D eigenvalue weighted by Crippen LogP contribution is 2.31. The maximum Gasteiger partial charge on any atom is 0.355 e. The Morgan fingerprint density at radius 3 is 2.67 bits per heavy atom. The van der Waals surface area contributed by atoms with Gasteiger partial charge in [-0.2, -0.15) is 0 Å². The molecule has 1 aliphatic rings. The molecule has 0 spiro atoms. The van der Waals surface area contributed by atoms with Crippen molar-refractivity contribution in [1.29, 1.82) is 0 Å². The Morgan fingerprint density at radius 2 is 1.92 bits per heavy atom. The number of rotatable bonds is 3. The Kier molecular flexibility index (Phi) is 4.15. The Morgan fingerprint density at radius 1 is 1.12 bits per heavy atom. The number of anilines is 1. The standard InChI is InChI=1S/C17H14N2O5/c1-22-16(20)11-6-3-4-9-19(15(11)17(21)23-2)12-7-5-8-13-14(12)18-10-24-13/h3-10H,1-2H3. The van der Waals surface area contributed by atoms with E-state index in [-0.39, 0.29) is 11.3 Å². The molecule has 7 nitrogen and oxygen atoms in total. The van der Waals surface area contributed by atoms with Crippen molar-refractivity contribution in [2.45, 2.75) is 0 Å². The van der Waals surface area contributed by atoms with Gasteiger partial charge < -0.3 is 18.8 Å². The Balaban J connectivity index is 2.26. The molecule has 0 amide bonds. The number of fused-ring (bicyclic) bond motifs is 1. The number of allylic oxidation sites excluding steroid dienone is 2. The molecule has 0 saturated heterocycles. The van der Waals surface area contributed by atoms with Gasteiger partial charge >= 0.3 is 11.9 Å². The van der Waals surface area contributed by atoms with Crippen LogP contribution in [0, 0.1) is 0 Å². The lowest BCUT2D eigenvalue weighted by atomic mass is 10.1. The van der Waals surface area contributed by atoms with E-state index in [1.165, 1.54) is 31.6 Å². The lowest BCUT2D eigenvalue weighted by molar-refractivity contribution is -0.139. The van der Waals surface area contributed by atoms with Crippen LogP contribution in [0.3, 0.4) is 0 Å². The first-order valence-electron chi connectivity index (χ1n) is 7.04. The summed E-state index contributed by atoms with van der Waals surface area (Å²) in [5, 5.41) is 0. The van der Waals surface area contributed by atoms with E-state index in [1.807, 2.05) is 0 Å². The predicted molar refractivity (Wildman–Crippen MR) is 85.8 cm³/mol. The largest absolute Gasteiger partial charge is 0.465 e. The molecule has 0 N–H and O–H groups in total. The molecule has 24 heavy (non-hydrogen) atoms. The van der Waals surface area contributed by atoms with Crippen LogP contribution >= 0.6 is 0 Å². The van der Waals surface area contributed by atoms with Gasteiger partial charge in [0.05, 0.1) is 25.5 Å². The fraction of sp³-hybridized carbons (Fsp3) is 0.118. The first-order valence-corrected chi connectivity index (χ1v) is 7.04. The molecular weight excluding hydrogens is 312 g/mol. The van der Waals surface area contributed by atoms with Gasteiger partial charge in [-0.05, 0) is 24.3 Å². The molecule has 0 saturated carbocycles. The van der Waals surface area contributed by atoms with E-state index < -0.39 is 11.9 Å². The van der Waals surface area contributed by atoms with Crippen molar-refractivity contribution in [3.63, 3.8) is 0 Å². The lowest BCUT2D eigenvalue weighted by Gasteiger charge is -2.23. The number of carbonyl (C=O) groups excluding carboxylic acids is 2. The van der Waals surface area contributed by atoms with Gasteiger partial charge in [0.2, 0.25) is 0 Å². The maximum absolute atomic E-state index is 12.4. The van der Waals surface area contributed by atoms with Gasteiger partial charge in [0, 0.05) is 6.20 Å². The lowest BCUT2D eigenvalue weighted by Crippen LogP contribution is -2.27. The molecule has 1 aromatic carbocycles. The van der Waals surface area contributed by atoms with Crippen molar-refractivity contribution in [1.82, 2.24) is 4.98 Å². The first kappa shape index (κ1) is 15.5. The fourth-order valence-corrected chi connectivity index (χ4v) is 2.42. The van der Waals surface area contributed by atoms with Gasteiger partial charge in [-0.1, -0.05) is 12.1 Å². The molecule has 0 radical (unpaired) electrons. The number of hydrogen-bond donors (Lipinski definition) is 0. The van der Waals surface area contributed by atoms with Crippen molar-refractivity contribution >= 4 is 28.7 Å². The van der Waals surface area contributed by atoms with Crippen LogP contribution in [0.25, 0.3) is 11.1 Å². The highest BCUT2D eigenvalue weighted by atomic mass is 16.5. The van der Waals surface area contributed by atoms with Crippen molar-refractivity contribution in [2.75, 3.05) is 19.1 Å². The minimum Gasteiger partial charge on any atom is -0.465 e. The Bertz CT molecular complexity index is 891. The summed E-state index contributed by atoms with van der Waals surface area (Å²) in [6.07, 6.45) is 7.78. The van der Waals surface area contributed by atoms with Crippen molar-refractivity contribution < 1.29 is 23.5 Å². The molecule has 7 heteroatoms. The fourth-order valence-electron chi connectivity index (χ4n) is 2.42. The van der Waals surface area contributed by atoms with Crippen molar-refractivity contribution in [2.24, 2.45) is 0 Å². The summed E-state index contributed by atoms with van der Waals surface area (Å²) in [5.41, 5.74) is 1.79. The van der Waals surface area contributed by atoms with Crippen LogP contribution in [0.2, 0.25) is 0 Å². The number of aromatic nitrogens is 1. The SMILES string of the molecule is COC(=O)C1=C(C(=O)OC)N(c2cccc3ocnc23)C=CC=C1. The second kappa shape index (κ2) is 6.41. The molecule has 3 rings (SSSR count). The number of ether oxygens (including phenoxy) is 2. The summed E-state index contributed by atoms with van der Waals surface area (Å²) in [4.78, 5) is 30.2. The Labute approximate surface area is 137 Å². The van der Waals surface area contributed by atoms with E-state index >= 15 is 0 Å². The molecule has 0 bridgehead atoms. The maximum atomic E-state index is 12.4. The number of esters is 2. The van der Waals surface area contributed by atoms with Crippen molar-refractivity contribution in [3.05, 3.63) is 60.3 Å². The van der Waals surface area contributed by atoms with Crippen LogP contribution in [0.5, 0.6) is 0 Å². The average Bonchev–Trinajstić information content (AvgIpc) is 2.99. The zero-order valence-electron chi connectivity index (χ0n) is 13.1. The third-order valence-electron chi connectivity index (χ3n) is 3.49. The molecule has 2 aromatic rings. The van der Waals surface area contributed by atoms with E-state index in [0.29, 0.717) is 16.8 Å². The molecule has 1 aromatic heterocycles. The number of carbonyl (C=O) groups is 2. The minimum absolute atomic E-state index is 0.0323. The highest BCUT2D eigenvalue weighted by Gasteiger charge is 2.28. The second-order valence-corrected chi connectivity index (χ2v) is 4.79. The smallest absolute Gasteiger partial charge is 0.355 e. The zero-order chi connectivity index (χ0) is 17.1. The number of benzene rings is 1. The normalized spacial score (nSPS) is 14.0. The van der Waals surface area contributed by atoms with E-state index in [2.05, 4.69) is 4.98 Å². The van der Waals surface area contributed by atoms with E-state index in [4.69, 9.17) is 13.9 Å². The van der Waals surface area contributed by atoms with Gasteiger partial charge in [-0.25, -0.2) is 14.6 Å². The van der Waals surface area contributed by atoms with E-state index in [0.717, 1.165) is 0 Å². The third-order valence-corrected chi connectivity index (χ3v) is 3.49. The third kappa shape index (κ3) is 2.56. The van der Waals surface area contributed by atoms with Gasteiger partial charge in [0.1, 0.15) is 11.2 Å². The molecule has 0 unspecified atom stereocenters. The Hall–Kier alpha value is -3.35. The van der Waals surface area contributed by atoms with Gasteiger partial charge in [0.15, 0.2) is 12.0 Å². The summed E-state index contributed by atoms with van der Waals surface area (Å²) in [5.74, 6) is -1.32. The van der Waals surface area contributed by atoms with E-state index in [1.54, 1.807) is 36.6 Å². The summed E-state index contributed by atoms with van der Waals surface area (Å²) in [6.45, 7) is 0. The topological polar surface area (TPSA) is 81.9 Å². The molecule has 1 aliphatic heterocycles. The molecule has 122 valence electrons. The van der Waals surface area contributed by atoms with Crippen LogP contribution < -0.4 is 4.90 Å². The molecule has 2 heterocycles. The van der Waals surface area contributed by atoms with E-state index in [9.17, 15) is 9.59 Å². The number of para-hydroxylation sites is 1. The number of hydrogen-bond acceptors (Lipinski definition) is 7. The number of oxazole rings is 1. The summed E-state index contributed by atoms with van der Waals surface area (Å²) < 4.78 is 14.9. The summed E-state index contributed by atoms with van der Waals surface area (Å²) in [6, 6.07) is 5.29.